The summed E-state index contributed by atoms with van der Waals surface area (Å²) in [6.07, 6.45) is 1.14. The fourth-order valence-electron chi connectivity index (χ4n) is 3.16. The second-order valence-corrected chi connectivity index (χ2v) is 8.79. The molecular weight excluding hydrogens is 340 g/mol. The van der Waals surface area contributed by atoms with Gasteiger partial charge in [0.15, 0.2) is 0 Å². The number of amides is 1. The lowest BCUT2D eigenvalue weighted by Crippen LogP contribution is -2.43. The second-order valence-electron chi connectivity index (χ2n) is 6.53. The highest BCUT2D eigenvalue weighted by Crippen LogP contribution is 2.24. The van der Waals surface area contributed by atoms with E-state index in [9.17, 15) is 13.2 Å². The zero-order valence-electron chi connectivity index (χ0n) is 15.4. The van der Waals surface area contributed by atoms with Crippen molar-refractivity contribution in [1.82, 2.24) is 9.62 Å². The lowest BCUT2D eigenvalue weighted by Gasteiger charge is -2.31. The van der Waals surface area contributed by atoms with Crippen molar-refractivity contribution in [2.24, 2.45) is 5.92 Å². The number of hydrogen-bond acceptors (Lipinski definition) is 4. The molecule has 7 heteroatoms. The van der Waals surface area contributed by atoms with Crippen molar-refractivity contribution < 1.29 is 17.9 Å². The molecule has 1 heterocycles. The number of sulfonamides is 1. The number of rotatable bonds is 6. The number of methoxy groups -OCH3 is 1. The Morgan fingerprint density at radius 3 is 2.52 bits per heavy atom. The van der Waals surface area contributed by atoms with Crippen LogP contribution in [0.5, 0.6) is 5.75 Å². The Balaban J connectivity index is 1.93. The van der Waals surface area contributed by atoms with E-state index in [0.29, 0.717) is 25.9 Å². The molecule has 1 aromatic rings. The van der Waals surface area contributed by atoms with Gasteiger partial charge in [0.1, 0.15) is 5.75 Å². The van der Waals surface area contributed by atoms with Crippen LogP contribution in [0.2, 0.25) is 0 Å². The van der Waals surface area contributed by atoms with Crippen molar-refractivity contribution in [2.45, 2.75) is 39.7 Å². The van der Waals surface area contributed by atoms with Crippen molar-refractivity contribution in [1.29, 1.82) is 0 Å². The van der Waals surface area contributed by atoms with Gasteiger partial charge in [-0.1, -0.05) is 12.1 Å². The Hall–Kier alpha value is -1.60. The summed E-state index contributed by atoms with van der Waals surface area (Å²) in [5.74, 6) is 0.795. The Morgan fingerprint density at radius 2 is 2.00 bits per heavy atom. The number of piperidine rings is 1. The lowest BCUT2D eigenvalue weighted by molar-refractivity contribution is -0.126. The minimum absolute atomic E-state index is 0.00508. The van der Waals surface area contributed by atoms with E-state index in [-0.39, 0.29) is 23.6 Å². The molecule has 0 aliphatic carbocycles. The van der Waals surface area contributed by atoms with Gasteiger partial charge in [-0.15, -0.1) is 0 Å². The molecule has 25 heavy (non-hydrogen) atoms. The van der Waals surface area contributed by atoms with E-state index < -0.39 is 10.0 Å². The first-order valence-corrected chi connectivity index (χ1v) is 10.3. The van der Waals surface area contributed by atoms with Crippen molar-refractivity contribution in [3.05, 3.63) is 29.3 Å². The van der Waals surface area contributed by atoms with Crippen molar-refractivity contribution >= 4 is 15.9 Å². The third kappa shape index (κ3) is 4.73. The largest absolute Gasteiger partial charge is 0.496 e. The van der Waals surface area contributed by atoms with Gasteiger partial charge in [0.2, 0.25) is 15.9 Å². The van der Waals surface area contributed by atoms with Gasteiger partial charge in [-0.25, -0.2) is 12.7 Å². The highest BCUT2D eigenvalue weighted by Gasteiger charge is 2.30. The van der Waals surface area contributed by atoms with Crippen molar-refractivity contribution in [3.63, 3.8) is 0 Å². The smallest absolute Gasteiger partial charge is 0.223 e. The third-order valence-corrected chi connectivity index (χ3v) is 6.74. The van der Waals surface area contributed by atoms with Crippen LogP contribution in [-0.4, -0.2) is 44.6 Å². The molecular formula is C18H28N2O4S. The predicted molar refractivity (Wildman–Crippen MR) is 98.0 cm³/mol. The first-order chi connectivity index (χ1) is 11.8. The molecule has 0 spiro atoms. The number of benzene rings is 1. The SMILES string of the molecule is CCS(=O)(=O)N1CCC(C(=O)N[C@H](C)c2ccc(OC)c(C)c2)CC1. The number of nitrogens with one attached hydrogen (secondary N) is 1. The van der Waals surface area contributed by atoms with E-state index in [4.69, 9.17) is 4.74 Å². The molecule has 0 saturated carbocycles. The Labute approximate surface area is 150 Å². The molecule has 2 rings (SSSR count). The second kappa shape index (κ2) is 8.19. The zero-order chi connectivity index (χ0) is 18.6. The van der Waals surface area contributed by atoms with Gasteiger partial charge in [-0.3, -0.25) is 4.79 Å². The summed E-state index contributed by atoms with van der Waals surface area (Å²) in [7, 11) is -1.52. The number of ether oxygens (including phenoxy) is 1. The van der Waals surface area contributed by atoms with E-state index >= 15 is 0 Å². The van der Waals surface area contributed by atoms with Crippen LogP contribution >= 0.6 is 0 Å². The maximum Gasteiger partial charge on any atom is 0.223 e. The molecule has 6 nitrogen and oxygen atoms in total. The first kappa shape index (κ1) is 19.7. The summed E-state index contributed by atoms with van der Waals surface area (Å²) in [6, 6.07) is 5.77. The van der Waals surface area contributed by atoms with Crippen LogP contribution in [0, 0.1) is 12.8 Å². The number of carbonyl (C=O) groups is 1. The zero-order valence-corrected chi connectivity index (χ0v) is 16.2. The number of hydrogen-bond donors (Lipinski definition) is 1. The molecule has 1 N–H and O–H groups in total. The molecule has 0 aromatic heterocycles. The molecule has 0 bridgehead atoms. The van der Waals surface area contributed by atoms with Crippen LogP contribution in [0.4, 0.5) is 0 Å². The van der Waals surface area contributed by atoms with Crippen molar-refractivity contribution in [2.75, 3.05) is 26.0 Å². The van der Waals surface area contributed by atoms with E-state index in [1.807, 2.05) is 32.0 Å². The van der Waals surface area contributed by atoms with Gasteiger partial charge in [-0.05, 0) is 50.8 Å². The van der Waals surface area contributed by atoms with Crippen LogP contribution in [0.15, 0.2) is 18.2 Å². The summed E-state index contributed by atoms with van der Waals surface area (Å²) in [4.78, 5) is 12.5. The van der Waals surface area contributed by atoms with Crippen LogP contribution in [0.1, 0.15) is 43.9 Å². The molecule has 1 saturated heterocycles. The molecule has 1 fully saturated rings. The van der Waals surface area contributed by atoms with Crippen LogP contribution in [0.3, 0.4) is 0 Å². The monoisotopic (exact) mass is 368 g/mol. The van der Waals surface area contributed by atoms with Gasteiger partial charge >= 0.3 is 0 Å². The topological polar surface area (TPSA) is 75.7 Å². The summed E-state index contributed by atoms with van der Waals surface area (Å²) in [6.45, 7) is 6.41. The molecule has 0 unspecified atom stereocenters. The first-order valence-electron chi connectivity index (χ1n) is 8.71. The van der Waals surface area contributed by atoms with Crippen LogP contribution in [-0.2, 0) is 14.8 Å². The predicted octanol–water partition coefficient (Wildman–Crippen LogP) is 2.24. The summed E-state index contributed by atoms with van der Waals surface area (Å²) in [5, 5.41) is 3.05. The summed E-state index contributed by atoms with van der Waals surface area (Å²) >= 11 is 0. The standard InChI is InChI=1S/C18H28N2O4S/c1-5-25(22,23)20-10-8-15(9-11-20)18(21)19-14(3)16-6-7-17(24-4)13(2)12-16/h6-7,12,14-15H,5,8-11H2,1-4H3,(H,19,21)/t14-/m1/s1. The fourth-order valence-corrected chi connectivity index (χ4v) is 4.30. The number of carbonyl (C=O) groups excluding carboxylic acids is 1. The van der Waals surface area contributed by atoms with E-state index in [0.717, 1.165) is 16.9 Å². The third-order valence-electron chi connectivity index (χ3n) is 4.86. The normalized spacial score (nSPS) is 17.9. The molecule has 0 radical (unpaired) electrons. The molecule has 1 aromatic carbocycles. The fraction of sp³-hybridized carbons (Fsp3) is 0.611. The molecule has 1 aliphatic heterocycles. The maximum absolute atomic E-state index is 12.5. The van der Waals surface area contributed by atoms with Crippen LogP contribution < -0.4 is 10.1 Å². The summed E-state index contributed by atoms with van der Waals surface area (Å²) in [5.41, 5.74) is 2.05. The Kier molecular flexibility index (Phi) is 6.46. The summed E-state index contributed by atoms with van der Waals surface area (Å²) < 4.78 is 30.5. The van der Waals surface area contributed by atoms with Gasteiger partial charge in [0, 0.05) is 19.0 Å². The number of nitrogens with zero attached hydrogens (tertiary/aromatic N) is 1. The highest BCUT2D eigenvalue weighted by atomic mass is 32.2. The minimum atomic E-state index is -3.16. The van der Waals surface area contributed by atoms with E-state index in [1.165, 1.54) is 4.31 Å². The molecule has 140 valence electrons. The lowest BCUT2D eigenvalue weighted by atomic mass is 9.96. The van der Waals surface area contributed by atoms with Crippen LogP contribution in [0.25, 0.3) is 0 Å². The van der Waals surface area contributed by atoms with Gasteiger partial charge in [-0.2, -0.15) is 0 Å². The Bertz CT molecular complexity index is 710. The minimum Gasteiger partial charge on any atom is -0.496 e. The van der Waals surface area contributed by atoms with Gasteiger partial charge in [0.25, 0.3) is 0 Å². The molecule has 1 aliphatic rings. The van der Waals surface area contributed by atoms with E-state index in [2.05, 4.69) is 5.32 Å². The maximum atomic E-state index is 12.5. The van der Waals surface area contributed by atoms with Crippen molar-refractivity contribution in [3.8, 4) is 5.75 Å². The quantitative estimate of drug-likeness (QED) is 0.835. The van der Waals surface area contributed by atoms with Gasteiger partial charge < -0.3 is 10.1 Å². The number of aryl methyl sites for hydroxylation is 1. The Morgan fingerprint density at radius 1 is 1.36 bits per heavy atom. The molecule has 1 atom stereocenters. The molecule has 1 amide bonds. The van der Waals surface area contributed by atoms with Gasteiger partial charge in [0.05, 0.1) is 18.9 Å². The average Bonchev–Trinajstić information content (AvgIpc) is 2.61. The highest BCUT2D eigenvalue weighted by molar-refractivity contribution is 7.89. The average molecular weight is 368 g/mol. The van der Waals surface area contributed by atoms with E-state index in [1.54, 1.807) is 14.0 Å².